The first-order valence-corrected chi connectivity index (χ1v) is 10.1. The molecule has 0 bridgehead atoms. The Kier molecular flexibility index (Phi) is 5.03. The number of Topliss-reactive ketones (excluding diaryl/α,β-unsaturated/α-hetero) is 1. The monoisotopic (exact) mass is 377 g/mol. The normalized spacial score (nSPS) is 15.4. The summed E-state index contributed by atoms with van der Waals surface area (Å²) < 4.78 is 0. The lowest BCUT2D eigenvalue weighted by Gasteiger charge is -2.39. The summed E-state index contributed by atoms with van der Waals surface area (Å²) in [6, 6.07) is 19.0. The smallest absolute Gasteiger partial charge is 0.208 e. The van der Waals surface area contributed by atoms with Gasteiger partial charge in [-0.1, -0.05) is 72.9 Å². The summed E-state index contributed by atoms with van der Waals surface area (Å²) in [5, 5.41) is 10.7. The Morgan fingerprint density at radius 1 is 1.11 bits per heavy atom. The summed E-state index contributed by atoms with van der Waals surface area (Å²) in [5.41, 5.74) is 3.72. The molecule has 4 nitrogen and oxygen atoms in total. The van der Waals surface area contributed by atoms with Crippen LogP contribution >= 0.6 is 11.3 Å². The van der Waals surface area contributed by atoms with Gasteiger partial charge in [0.15, 0.2) is 0 Å². The Labute approximate surface area is 163 Å². The number of aromatic nitrogens is 2. The third-order valence-corrected chi connectivity index (χ3v) is 6.19. The summed E-state index contributed by atoms with van der Waals surface area (Å²) in [5.74, 6) is 1.06. The number of anilines is 1. The molecule has 1 aromatic heterocycles. The number of rotatable bonds is 6. The zero-order valence-corrected chi connectivity index (χ0v) is 16.4. The van der Waals surface area contributed by atoms with Crippen LogP contribution in [0, 0.1) is 0 Å². The van der Waals surface area contributed by atoms with Crippen LogP contribution < -0.4 is 4.90 Å². The first kappa shape index (κ1) is 17.9. The standard InChI is InChI=1S/C22H23N3OS/c1-15(12-16(2)26)17-8-10-18(11-9-17)20-13-25(14-20)22-24-23-21(27-22)19-6-4-3-5-7-19/h3-11,15,20H,12-14H2,1-2H3/t15-/m1/s1. The molecule has 1 aliphatic rings. The molecule has 0 saturated carbocycles. The van der Waals surface area contributed by atoms with E-state index in [1.807, 2.05) is 18.2 Å². The minimum absolute atomic E-state index is 0.244. The van der Waals surface area contributed by atoms with Crippen LogP contribution in [-0.4, -0.2) is 29.1 Å². The van der Waals surface area contributed by atoms with Gasteiger partial charge in [0.25, 0.3) is 0 Å². The molecule has 1 fully saturated rings. The van der Waals surface area contributed by atoms with Crippen molar-refractivity contribution in [2.75, 3.05) is 18.0 Å². The van der Waals surface area contributed by atoms with E-state index in [4.69, 9.17) is 0 Å². The molecule has 0 amide bonds. The predicted octanol–water partition coefficient (Wildman–Crippen LogP) is 4.89. The molecule has 5 heteroatoms. The van der Waals surface area contributed by atoms with Crippen molar-refractivity contribution in [3.05, 3.63) is 65.7 Å². The molecule has 3 aromatic rings. The van der Waals surface area contributed by atoms with Gasteiger partial charge in [-0.05, 0) is 24.0 Å². The fourth-order valence-corrected chi connectivity index (χ4v) is 4.40. The van der Waals surface area contributed by atoms with E-state index in [1.54, 1.807) is 18.3 Å². The van der Waals surface area contributed by atoms with Crippen LogP contribution in [0.3, 0.4) is 0 Å². The summed E-state index contributed by atoms with van der Waals surface area (Å²) in [6.07, 6.45) is 0.608. The summed E-state index contributed by atoms with van der Waals surface area (Å²) in [7, 11) is 0. The van der Waals surface area contributed by atoms with Gasteiger partial charge in [-0.2, -0.15) is 0 Å². The molecule has 0 aliphatic carbocycles. The van der Waals surface area contributed by atoms with Crippen molar-refractivity contribution in [3.63, 3.8) is 0 Å². The minimum atomic E-state index is 0.244. The lowest BCUT2D eigenvalue weighted by Crippen LogP contribution is -2.45. The molecule has 1 atom stereocenters. The highest BCUT2D eigenvalue weighted by Gasteiger charge is 2.30. The van der Waals surface area contributed by atoms with Crippen LogP contribution in [-0.2, 0) is 4.79 Å². The number of carbonyl (C=O) groups excluding carboxylic acids is 1. The lowest BCUT2D eigenvalue weighted by atomic mass is 9.89. The van der Waals surface area contributed by atoms with Crippen LogP contribution in [0.15, 0.2) is 54.6 Å². The van der Waals surface area contributed by atoms with E-state index in [-0.39, 0.29) is 11.7 Å². The Morgan fingerprint density at radius 2 is 1.81 bits per heavy atom. The minimum Gasteiger partial charge on any atom is -0.345 e. The highest BCUT2D eigenvalue weighted by molar-refractivity contribution is 7.18. The van der Waals surface area contributed by atoms with Gasteiger partial charge in [-0.3, -0.25) is 0 Å². The number of carbonyl (C=O) groups is 1. The third-order valence-electron chi connectivity index (χ3n) is 5.16. The fraction of sp³-hybridized carbons (Fsp3) is 0.318. The molecule has 2 aromatic carbocycles. The molecule has 27 heavy (non-hydrogen) atoms. The Morgan fingerprint density at radius 3 is 2.48 bits per heavy atom. The average Bonchev–Trinajstić information content (AvgIpc) is 3.11. The largest absolute Gasteiger partial charge is 0.345 e. The second kappa shape index (κ2) is 7.61. The molecular formula is C22H23N3OS. The van der Waals surface area contributed by atoms with Gasteiger partial charge in [0.1, 0.15) is 10.8 Å². The number of hydrogen-bond donors (Lipinski definition) is 0. The maximum absolute atomic E-state index is 11.3. The Bertz CT molecular complexity index is 914. The zero-order valence-electron chi connectivity index (χ0n) is 15.6. The van der Waals surface area contributed by atoms with Gasteiger partial charge < -0.3 is 9.69 Å². The Balaban J connectivity index is 1.37. The SMILES string of the molecule is CC(=O)C[C@@H](C)c1ccc(C2CN(c3nnc(-c4ccccc4)s3)C2)cc1. The topological polar surface area (TPSA) is 46.1 Å². The Hall–Kier alpha value is -2.53. The molecule has 0 radical (unpaired) electrons. The maximum atomic E-state index is 11.3. The van der Waals surface area contributed by atoms with Crippen molar-refractivity contribution in [2.45, 2.75) is 32.1 Å². The average molecular weight is 378 g/mol. The van der Waals surface area contributed by atoms with Gasteiger partial charge in [0.05, 0.1) is 0 Å². The van der Waals surface area contributed by atoms with Crippen molar-refractivity contribution in [1.29, 1.82) is 0 Å². The number of benzene rings is 2. The molecule has 1 aliphatic heterocycles. The number of hydrogen-bond acceptors (Lipinski definition) is 5. The van der Waals surface area contributed by atoms with Crippen LogP contribution in [0.25, 0.3) is 10.6 Å². The second-order valence-electron chi connectivity index (χ2n) is 7.33. The lowest BCUT2D eigenvalue weighted by molar-refractivity contribution is -0.117. The highest BCUT2D eigenvalue weighted by Crippen LogP contribution is 2.36. The fourth-order valence-electron chi connectivity index (χ4n) is 3.53. The van der Waals surface area contributed by atoms with E-state index in [0.717, 1.165) is 28.8 Å². The predicted molar refractivity (Wildman–Crippen MR) is 110 cm³/mol. The van der Waals surface area contributed by atoms with Crippen molar-refractivity contribution >= 4 is 22.3 Å². The van der Waals surface area contributed by atoms with Gasteiger partial charge in [0, 0.05) is 31.0 Å². The molecule has 1 saturated heterocycles. The van der Waals surface area contributed by atoms with Gasteiger partial charge in [0.2, 0.25) is 5.13 Å². The van der Waals surface area contributed by atoms with Gasteiger partial charge in [-0.25, -0.2) is 0 Å². The molecule has 2 heterocycles. The summed E-state index contributed by atoms with van der Waals surface area (Å²) in [4.78, 5) is 13.6. The highest BCUT2D eigenvalue weighted by atomic mass is 32.1. The van der Waals surface area contributed by atoms with Crippen molar-refractivity contribution < 1.29 is 4.79 Å². The second-order valence-corrected chi connectivity index (χ2v) is 8.29. The number of ketones is 1. The van der Waals surface area contributed by atoms with Gasteiger partial charge >= 0.3 is 0 Å². The molecule has 138 valence electrons. The molecule has 0 spiro atoms. The van der Waals surface area contributed by atoms with Crippen LogP contribution in [0.1, 0.15) is 43.2 Å². The van der Waals surface area contributed by atoms with E-state index in [2.05, 4.69) is 58.4 Å². The first-order chi connectivity index (χ1) is 13.1. The molecule has 4 rings (SSSR count). The van der Waals surface area contributed by atoms with Crippen LogP contribution in [0.2, 0.25) is 0 Å². The van der Waals surface area contributed by atoms with Crippen molar-refractivity contribution in [2.24, 2.45) is 0 Å². The van der Waals surface area contributed by atoms with Gasteiger partial charge in [-0.15, -0.1) is 10.2 Å². The third kappa shape index (κ3) is 3.93. The van der Waals surface area contributed by atoms with Crippen LogP contribution in [0.5, 0.6) is 0 Å². The first-order valence-electron chi connectivity index (χ1n) is 9.33. The van der Waals surface area contributed by atoms with E-state index in [9.17, 15) is 4.79 Å². The quantitative estimate of drug-likeness (QED) is 0.613. The van der Waals surface area contributed by atoms with E-state index in [1.165, 1.54) is 11.1 Å². The summed E-state index contributed by atoms with van der Waals surface area (Å²) in [6.45, 7) is 5.73. The van der Waals surface area contributed by atoms with Crippen molar-refractivity contribution in [1.82, 2.24) is 10.2 Å². The van der Waals surface area contributed by atoms with Crippen molar-refractivity contribution in [3.8, 4) is 10.6 Å². The molecule has 0 N–H and O–H groups in total. The number of nitrogens with zero attached hydrogens (tertiary/aromatic N) is 3. The van der Waals surface area contributed by atoms with E-state index >= 15 is 0 Å². The molecular weight excluding hydrogens is 354 g/mol. The van der Waals surface area contributed by atoms with Crippen LogP contribution in [0.4, 0.5) is 5.13 Å². The zero-order chi connectivity index (χ0) is 18.8. The summed E-state index contributed by atoms with van der Waals surface area (Å²) >= 11 is 1.65. The van der Waals surface area contributed by atoms with E-state index in [0.29, 0.717) is 12.3 Å². The molecule has 0 unspecified atom stereocenters. The van der Waals surface area contributed by atoms with E-state index < -0.39 is 0 Å². The maximum Gasteiger partial charge on any atom is 0.208 e.